The van der Waals surface area contributed by atoms with Crippen LogP contribution in [0.1, 0.15) is 44.5 Å². The van der Waals surface area contributed by atoms with Gasteiger partial charge in [0.15, 0.2) is 5.78 Å². The van der Waals surface area contributed by atoms with Gasteiger partial charge in [0.2, 0.25) is 0 Å². The molecule has 1 heterocycles. The van der Waals surface area contributed by atoms with E-state index < -0.39 is 0 Å². The number of nitrogens with one attached hydrogen (secondary N) is 1. The van der Waals surface area contributed by atoms with Crippen LogP contribution in [0.15, 0.2) is 24.4 Å². The van der Waals surface area contributed by atoms with Gasteiger partial charge in [-0.3, -0.25) is 4.79 Å². The van der Waals surface area contributed by atoms with Gasteiger partial charge in [0.05, 0.1) is 6.61 Å². The van der Waals surface area contributed by atoms with Crippen molar-refractivity contribution in [3.63, 3.8) is 0 Å². The van der Waals surface area contributed by atoms with Crippen molar-refractivity contribution in [2.75, 3.05) is 6.61 Å². The second-order valence-electron chi connectivity index (χ2n) is 6.00. The molecule has 102 valence electrons. The molecule has 0 radical (unpaired) electrons. The summed E-state index contributed by atoms with van der Waals surface area (Å²) >= 11 is 0. The zero-order valence-corrected chi connectivity index (χ0v) is 12.0. The van der Waals surface area contributed by atoms with E-state index in [4.69, 9.17) is 4.74 Å². The molecule has 2 aromatic rings. The first-order valence-corrected chi connectivity index (χ1v) is 6.68. The first-order chi connectivity index (χ1) is 8.90. The van der Waals surface area contributed by atoms with E-state index in [1.54, 1.807) is 6.20 Å². The summed E-state index contributed by atoms with van der Waals surface area (Å²) in [6.07, 6.45) is 2.34. The van der Waals surface area contributed by atoms with Crippen molar-refractivity contribution in [2.24, 2.45) is 5.41 Å². The quantitative estimate of drug-likeness (QED) is 0.837. The topological polar surface area (TPSA) is 42.1 Å². The lowest BCUT2D eigenvalue weighted by Gasteiger charge is -2.16. The minimum atomic E-state index is -0.00178. The van der Waals surface area contributed by atoms with Crippen molar-refractivity contribution in [2.45, 2.75) is 34.1 Å². The molecular weight excluding hydrogens is 238 g/mol. The van der Waals surface area contributed by atoms with Crippen LogP contribution in [0.3, 0.4) is 0 Å². The number of ether oxygens (including phenoxy) is 1. The zero-order chi connectivity index (χ0) is 14.0. The van der Waals surface area contributed by atoms with E-state index in [-0.39, 0.29) is 11.2 Å². The van der Waals surface area contributed by atoms with Crippen molar-refractivity contribution < 1.29 is 9.53 Å². The smallest absolute Gasteiger partial charge is 0.165 e. The zero-order valence-electron chi connectivity index (χ0n) is 12.0. The lowest BCUT2D eigenvalue weighted by Crippen LogP contribution is -2.12. The summed E-state index contributed by atoms with van der Waals surface area (Å²) in [5.41, 5.74) is 1.73. The van der Waals surface area contributed by atoms with Crippen LogP contribution in [0.5, 0.6) is 5.75 Å². The second-order valence-corrected chi connectivity index (χ2v) is 6.00. The van der Waals surface area contributed by atoms with E-state index >= 15 is 0 Å². The highest BCUT2D eigenvalue weighted by Crippen LogP contribution is 2.28. The van der Waals surface area contributed by atoms with Crippen LogP contribution in [0.4, 0.5) is 0 Å². The minimum Gasteiger partial charge on any atom is -0.494 e. The summed E-state index contributed by atoms with van der Waals surface area (Å²) in [6.45, 7) is 8.80. The Morgan fingerprint density at radius 2 is 2.05 bits per heavy atom. The molecule has 0 aliphatic heterocycles. The molecule has 19 heavy (non-hydrogen) atoms. The lowest BCUT2D eigenvalue weighted by molar-refractivity contribution is 0.0941. The SMILES string of the molecule is CCOc1ccc2[nH]cc(C(=O)CC(C)(C)C)c2c1. The van der Waals surface area contributed by atoms with Crippen LogP contribution in [-0.2, 0) is 0 Å². The average Bonchev–Trinajstić information content (AvgIpc) is 2.70. The Kier molecular flexibility index (Phi) is 3.65. The number of fused-ring (bicyclic) bond motifs is 1. The van der Waals surface area contributed by atoms with E-state index in [0.29, 0.717) is 13.0 Å². The number of benzene rings is 1. The Morgan fingerprint density at radius 3 is 2.68 bits per heavy atom. The molecule has 0 fully saturated rings. The number of carbonyl (C=O) groups excluding carboxylic acids is 1. The summed E-state index contributed by atoms with van der Waals surface area (Å²) in [5, 5.41) is 0.945. The molecule has 2 rings (SSSR count). The van der Waals surface area contributed by atoms with Gasteiger partial charge in [0, 0.05) is 29.1 Å². The summed E-state index contributed by atoms with van der Waals surface area (Å²) in [5.74, 6) is 0.979. The van der Waals surface area contributed by atoms with Gasteiger partial charge in [-0.15, -0.1) is 0 Å². The maximum absolute atomic E-state index is 12.3. The Balaban J connectivity index is 2.38. The number of hydrogen-bond acceptors (Lipinski definition) is 2. The molecule has 0 spiro atoms. The Labute approximate surface area is 114 Å². The molecule has 0 saturated carbocycles. The fourth-order valence-corrected chi connectivity index (χ4v) is 2.16. The van der Waals surface area contributed by atoms with Crippen LogP contribution in [-0.4, -0.2) is 17.4 Å². The van der Waals surface area contributed by atoms with Crippen LogP contribution < -0.4 is 4.74 Å². The third kappa shape index (κ3) is 3.16. The largest absolute Gasteiger partial charge is 0.494 e. The first kappa shape index (κ1) is 13.7. The molecule has 0 aliphatic rings. The van der Waals surface area contributed by atoms with E-state index in [1.165, 1.54) is 0 Å². The molecular formula is C16H21NO2. The van der Waals surface area contributed by atoms with Crippen molar-refractivity contribution in [3.8, 4) is 5.75 Å². The van der Waals surface area contributed by atoms with E-state index in [1.807, 2.05) is 25.1 Å². The molecule has 0 aliphatic carbocycles. The van der Waals surface area contributed by atoms with Crippen molar-refractivity contribution in [3.05, 3.63) is 30.0 Å². The van der Waals surface area contributed by atoms with Gasteiger partial charge in [-0.25, -0.2) is 0 Å². The van der Waals surface area contributed by atoms with Gasteiger partial charge in [-0.05, 0) is 30.5 Å². The van der Waals surface area contributed by atoms with Crippen LogP contribution >= 0.6 is 0 Å². The van der Waals surface area contributed by atoms with Crippen LogP contribution in [0.25, 0.3) is 10.9 Å². The molecule has 0 unspecified atom stereocenters. The Hall–Kier alpha value is -1.77. The normalized spacial score (nSPS) is 11.8. The van der Waals surface area contributed by atoms with E-state index in [0.717, 1.165) is 22.2 Å². The fourth-order valence-electron chi connectivity index (χ4n) is 2.16. The number of carbonyl (C=O) groups is 1. The van der Waals surface area contributed by atoms with Crippen molar-refractivity contribution in [1.82, 2.24) is 4.98 Å². The summed E-state index contributed by atoms with van der Waals surface area (Å²) in [7, 11) is 0. The molecule has 3 heteroatoms. The maximum atomic E-state index is 12.3. The maximum Gasteiger partial charge on any atom is 0.165 e. The predicted molar refractivity (Wildman–Crippen MR) is 77.9 cm³/mol. The average molecular weight is 259 g/mol. The summed E-state index contributed by atoms with van der Waals surface area (Å²) < 4.78 is 5.49. The molecule has 1 aromatic heterocycles. The monoisotopic (exact) mass is 259 g/mol. The van der Waals surface area contributed by atoms with Crippen LogP contribution in [0.2, 0.25) is 0 Å². The van der Waals surface area contributed by atoms with Gasteiger partial charge in [-0.1, -0.05) is 20.8 Å². The Morgan fingerprint density at radius 1 is 1.32 bits per heavy atom. The third-order valence-electron chi connectivity index (χ3n) is 2.96. The highest BCUT2D eigenvalue weighted by molar-refractivity contribution is 6.08. The number of aromatic nitrogens is 1. The molecule has 1 N–H and O–H groups in total. The summed E-state index contributed by atoms with van der Waals surface area (Å²) in [4.78, 5) is 15.5. The fraction of sp³-hybridized carbons (Fsp3) is 0.438. The Bertz CT molecular complexity index is 590. The van der Waals surface area contributed by atoms with Crippen LogP contribution in [0, 0.1) is 5.41 Å². The molecule has 0 bridgehead atoms. The van der Waals surface area contributed by atoms with Gasteiger partial charge < -0.3 is 9.72 Å². The van der Waals surface area contributed by atoms with E-state index in [2.05, 4.69) is 25.8 Å². The third-order valence-corrected chi connectivity index (χ3v) is 2.96. The second kappa shape index (κ2) is 5.08. The minimum absolute atomic E-state index is 0.00178. The number of ketones is 1. The van der Waals surface area contributed by atoms with Crippen molar-refractivity contribution >= 4 is 16.7 Å². The number of H-pyrrole nitrogens is 1. The van der Waals surface area contributed by atoms with E-state index in [9.17, 15) is 4.79 Å². The van der Waals surface area contributed by atoms with Gasteiger partial charge in [0.25, 0.3) is 0 Å². The van der Waals surface area contributed by atoms with Gasteiger partial charge in [0.1, 0.15) is 5.75 Å². The predicted octanol–water partition coefficient (Wildman–Crippen LogP) is 4.19. The molecule has 1 aromatic carbocycles. The standard InChI is InChI=1S/C16H21NO2/c1-5-19-11-6-7-14-12(8-11)13(10-17-14)15(18)9-16(2,3)4/h6-8,10,17H,5,9H2,1-4H3. The van der Waals surface area contributed by atoms with Gasteiger partial charge >= 0.3 is 0 Å². The number of rotatable bonds is 4. The van der Waals surface area contributed by atoms with Gasteiger partial charge in [-0.2, -0.15) is 0 Å². The molecule has 3 nitrogen and oxygen atoms in total. The first-order valence-electron chi connectivity index (χ1n) is 6.68. The lowest BCUT2D eigenvalue weighted by atomic mass is 9.88. The van der Waals surface area contributed by atoms with Crippen molar-refractivity contribution in [1.29, 1.82) is 0 Å². The highest BCUT2D eigenvalue weighted by atomic mass is 16.5. The number of hydrogen-bond donors (Lipinski definition) is 1. The summed E-state index contributed by atoms with van der Waals surface area (Å²) in [6, 6.07) is 5.81. The number of Topliss-reactive ketones (excluding diaryl/α,β-unsaturated/α-hetero) is 1. The highest BCUT2D eigenvalue weighted by Gasteiger charge is 2.20. The number of aromatic amines is 1. The molecule has 0 saturated heterocycles. The molecule has 0 atom stereocenters. The molecule has 0 amide bonds.